The number of carbonyl (C=O) groups excluding carboxylic acids is 5. The van der Waals surface area contributed by atoms with Gasteiger partial charge >= 0.3 is 0 Å². The van der Waals surface area contributed by atoms with Gasteiger partial charge in [0.05, 0.1) is 39.6 Å². The maximum Gasteiger partial charge on any atom is 0.255 e. The van der Waals surface area contributed by atoms with E-state index in [-0.39, 0.29) is 48.8 Å². The number of aryl methyl sites for hydroxylation is 1. The number of thiazole rings is 1. The fourth-order valence-corrected chi connectivity index (χ4v) is 8.11. The van der Waals surface area contributed by atoms with Gasteiger partial charge in [0.15, 0.2) is 0 Å². The Bertz CT molecular complexity index is 2150. The van der Waals surface area contributed by atoms with E-state index in [0.717, 1.165) is 53.4 Å². The van der Waals surface area contributed by atoms with Crippen molar-refractivity contribution in [2.75, 3.05) is 22.9 Å². The number of nitrogens with zero attached hydrogens (tertiary/aromatic N) is 2. The van der Waals surface area contributed by atoms with Crippen molar-refractivity contribution in [1.29, 1.82) is 0 Å². The van der Waals surface area contributed by atoms with Crippen LogP contribution in [0.5, 0.6) is 0 Å². The summed E-state index contributed by atoms with van der Waals surface area (Å²) in [7, 11) is 0. The summed E-state index contributed by atoms with van der Waals surface area (Å²) < 4.78 is 13.3. The Hall–Kier alpha value is -5.67. The number of β-amino-alcohol motifs (C(OH)–C–C–N with tert-alkyl or cyclic N) is 1. The van der Waals surface area contributed by atoms with E-state index in [0.29, 0.717) is 36.2 Å². The molecule has 15 heteroatoms. The molecule has 13 nitrogen and oxygen atoms in total. The monoisotopic (exact) mass is 855 g/mol. The first-order valence-corrected chi connectivity index (χ1v) is 21.7. The normalized spacial score (nSPS) is 16.1. The number of nitrogen functional groups attached to an aromatic ring is 1. The number of hydrogen-bond acceptors (Lipinski definition) is 9. The van der Waals surface area contributed by atoms with E-state index in [1.807, 2.05) is 64.4 Å². The van der Waals surface area contributed by atoms with E-state index in [4.69, 9.17) is 5.73 Å². The summed E-state index contributed by atoms with van der Waals surface area (Å²) in [5.41, 5.74) is 11.2. The van der Waals surface area contributed by atoms with Gasteiger partial charge in [0, 0.05) is 37.1 Å². The molecule has 0 radical (unpaired) electrons. The molecule has 0 aliphatic carbocycles. The van der Waals surface area contributed by atoms with Crippen molar-refractivity contribution in [2.24, 2.45) is 5.41 Å². The highest BCUT2D eigenvalue weighted by molar-refractivity contribution is 7.13. The molecule has 61 heavy (non-hydrogen) atoms. The smallest absolute Gasteiger partial charge is 0.255 e. The molecule has 5 rings (SSSR count). The van der Waals surface area contributed by atoms with Gasteiger partial charge in [-0.05, 0) is 85.7 Å². The van der Waals surface area contributed by atoms with Crippen LogP contribution in [0.25, 0.3) is 10.4 Å². The van der Waals surface area contributed by atoms with Crippen molar-refractivity contribution in [2.45, 2.75) is 117 Å². The molecule has 1 aliphatic rings. The summed E-state index contributed by atoms with van der Waals surface area (Å²) in [5, 5.41) is 22.0. The molecule has 1 saturated heterocycles. The highest BCUT2D eigenvalue weighted by atomic mass is 32.1. The fraction of sp³-hybridized carbons (Fsp3) is 0.435. The van der Waals surface area contributed by atoms with Gasteiger partial charge in [-0.15, -0.1) is 11.3 Å². The maximum absolute atomic E-state index is 14.0. The van der Waals surface area contributed by atoms with E-state index in [1.54, 1.807) is 35.6 Å². The Morgan fingerprint density at radius 2 is 1.52 bits per heavy atom. The molecule has 1 fully saturated rings. The predicted molar refractivity (Wildman–Crippen MR) is 237 cm³/mol. The molecule has 4 aromatic rings. The number of hydrogen-bond donors (Lipinski definition) is 6. The lowest BCUT2D eigenvalue weighted by Crippen LogP contribution is -2.57. The number of anilines is 3. The molecule has 1 aliphatic heterocycles. The van der Waals surface area contributed by atoms with Crippen LogP contribution in [-0.2, 0) is 19.2 Å². The van der Waals surface area contributed by atoms with Crippen LogP contribution < -0.4 is 27.0 Å². The lowest BCUT2D eigenvalue weighted by Gasteiger charge is -2.35. The number of aliphatic hydroxyl groups is 1. The van der Waals surface area contributed by atoms with Gasteiger partial charge in [-0.25, -0.2) is 9.37 Å². The first kappa shape index (κ1) is 46.4. The zero-order valence-corrected chi connectivity index (χ0v) is 36.4. The molecular weight excluding hydrogens is 798 g/mol. The third-order valence-electron chi connectivity index (χ3n) is 10.8. The molecule has 4 unspecified atom stereocenters. The quantitative estimate of drug-likeness (QED) is 0.0437. The lowest BCUT2D eigenvalue weighted by atomic mass is 9.85. The molecule has 2 heterocycles. The number of likely N-dealkylation sites (tertiary alicyclic amines) is 1. The van der Waals surface area contributed by atoms with Gasteiger partial charge in [0.1, 0.15) is 17.9 Å². The Balaban J connectivity index is 0.994. The second-order valence-electron chi connectivity index (χ2n) is 16.8. The molecule has 5 amide bonds. The van der Waals surface area contributed by atoms with Crippen LogP contribution in [0.1, 0.15) is 113 Å². The first-order chi connectivity index (χ1) is 29.0. The summed E-state index contributed by atoms with van der Waals surface area (Å²) in [5.74, 6) is -2.05. The molecule has 0 saturated carbocycles. The van der Waals surface area contributed by atoms with Crippen LogP contribution in [0, 0.1) is 18.2 Å². The number of amides is 5. The number of aromatic nitrogens is 1. The zero-order chi connectivity index (χ0) is 44.3. The van der Waals surface area contributed by atoms with E-state index >= 15 is 0 Å². The van der Waals surface area contributed by atoms with Gasteiger partial charge in [-0.1, -0.05) is 70.7 Å². The average Bonchev–Trinajstić information content (AvgIpc) is 3.83. The van der Waals surface area contributed by atoms with E-state index in [1.165, 1.54) is 17.0 Å². The first-order valence-electron chi connectivity index (χ1n) is 20.8. The number of benzene rings is 3. The Labute approximate surface area is 361 Å². The Morgan fingerprint density at radius 1 is 0.885 bits per heavy atom. The number of nitrogens with one attached hydrogen (secondary N) is 4. The minimum absolute atomic E-state index is 0.00310. The van der Waals surface area contributed by atoms with Crippen LogP contribution >= 0.6 is 11.3 Å². The lowest BCUT2D eigenvalue weighted by molar-refractivity contribution is -0.144. The molecule has 0 spiro atoms. The third-order valence-corrected chi connectivity index (χ3v) is 11.8. The van der Waals surface area contributed by atoms with Gasteiger partial charge in [-0.3, -0.25) is 24.0 Å². The fourth-order valence-electron chi connectivity index (χ4n) is 7.30. The minimum Gasteiger partial charge on any atom is -0.397 e. The predicted octanol–water partition coefficient (Wildman–Crippen LogP) is 7.52. The zero-order valence-electron chi connectivity index (χ0n) is 35.6. The van der Waals surface area contributed by atoms with E-state index in [9.17, 15) is 33.5 Å². The van der Waals surface area contributed by atoms with Crippen LogP contribution in [0.2, 0.25) is 0 Å². The number of halogens is 1. The third kappa shape index (κ3) is 13.2. The second kappa shape index (κ2) is 21.2. The van der Waals surface area contributed by atoms with Crippen LogP contribution in [0.15, 0.2) is 72.2 Å². The Morgan fingerprint density at radius 3 is 2.13 bits per heavy atom. The number of carbonyl (C=O) groups is 5. The second-order valence-corrected chi connectivity index (χ2v) is 17.7. The molecule has 7 N–H and O–H groups in total. The van der Waals surface area contributed by atoms with Crippen molar-refractivity contribution < 1.29 is 33.5 Å². The highest BCUT2D eigenvalue weighted by Gasteiger charge is 2.44. The number of aliphatic hydroxyl groups excluding tert-OH is 1. The van der Waals surface area contributed by atoms with Gasteiger partial charge in [-0.2, -0.15) is 0 Å². The summed E-state index contributed by atoms with van der Waals surface area (Å²) in [4.78, 5) is 72.6. The van der Waals surface area contributed by atoms with Gasteiger partial charge < -0.3 is 37.0 Å². The minimum atomic E-state index is -0.892. The van der Waals surface area contributed by atoms with Crippen LogP contribution in [-0.4, -0.2) is 69.3 Å². The number of nitrogens with two attached hydrogens (primary N) is 1. The Kier molecular flexibility index (Phi) is 16.1. The van der Waals surface area contributed by atoms with Crippen LogP contribution in [0.4, 0.5) is 21.5 Å². The summed E-state index contributed by atoms with van der Waals surface area (Å²) in [6.45, 7) is 9.44. The standard InChI is InChI=1S/C46H58FN7O6S/c1-28(30-14-16-31(17-15-30)41-29(2)49-27-61-41)50-44(59)38-25-35(55)26-54(38)45(60)42(46(3,4)5)53-40(57)13-11-9-7-6-8-10-12-39(56)51-34-21-18-32(19-22-34)43(58)52-37-23-20-33(47)24-36(37)48/h14-24,27-28,35,38,42,55H,6-13,25-26,48H2,1-5H3,(H,50,59)(H,51,56)(H,52,58)(H,53,57). The van der Waals surface area contributed by atoms with Gasteiger partial charge in [0.25, 0.3) is 5.91 Å². The van der Waals surface area contributed by atoms with Crippen molar-refractivity contribution in [3.05, 3.63) is 94.9 Å². The van der Waals surface area contributed by atoms with E-state index < -0.39 is 41.2 Å². The molecule has 3 aromatic carbocycles. The van der Waals surface area contributed by atoms with Crippen molar-refractivity contribution in [1.82, 2.24) is 20.5 Å². The van der Waals surface area contributed by atoms with Crippen molar-refractivity contribution >= 4 is 57.9 Å². The largest absolute Gasteiger partial charge is 0.397 e. The molecule has 326 valence electrons. The summed E-state index contributed by atoms with van der Waals surface area (Å²) in [6.07, 6.45) is 4.62. The highest BCUT2D eigenvalue weighted by Crippen LogP contribution is 2.30. The number of rotatable bonds is 18. The molecule has 1 aromatic heterocycles. The summed E-state index contributed by atoms with van der Waals surface area (Å²) in [6, 6.07) is 16.0. The summed E-state index contributed by atoms with van der Waals surface area (Å²) >= 11 is 1.57. The maximum atomic E-state index is 14.0. The topological polar surface area (TPSA) is 196 Å². The molecular formula is C46H58FN7O6S. The van der Waals surface area contributed by atoms with E-state index in [2.05, 4.69) is 26.3 Å². The van der Waals surface area contributed by atoms with Crippen LogP contribution in [0.3, 0.4) is 0 Å². The van der Waals surface area contributed by atoms with Gasteiger partial charge in [0.2, 0.25) is 23.6 Å². The number of unbranched alkanes of at least 4 members (excludes halogenated alkanes) is 5. The average molecular weight is 856 g/mol. The van der Waals surface area contributed by atoms with Crippen molar-refractivity contribution in [3.63, 3.8) is 0 Å². The van der Waals surface area contributed by atoms with Crippen molar-refractivity contribution in [3.8, 4) is 10.4 Å². The molecule has 0 bridgehead atoms. The SMILES string of the molecule is Cc1ncsc1-c1ccc(C(C)NC(=O)C2CC(O)CN2C(=O)C(NC(=O)CCCCCCCCC(=O)Nc2ccc(C(=O)Nc3ccc(F)cc3N)cc2)C(C)(C)C)cc1. The molecule has 4 atom stereocenters.